The van der Waals surface area contributed by atoms with Crippen LogP contribution in [0.2, 0.25) is 0 Å². The van der Waals surface area contributed by atoms with Crippen LogP contribution in [0, 0.1) is 6.92 Å². The summed E-state index contributed by atoms with van der Waals surface area (Å²) in [5.74, 6) is -1.60. The van der Waals surface area contributed by atoms with Crippen LogP contribution in [0.4, 0.5) is 13.2 Å². The molecular formula is C6H4F3NO2S. The van der Waals surface area contributed by atoms with E-state index >= 15 is 0 Å². The molecule has 0 aliphatic carbocycles. The summed E-state index contributed by atoms with van der Waals surface area (Å²) in [4.78, 5) is 12.7. The van der Waals surface area contributed by atoms with Gasteiger partial charge in [0.2, 0.25) is 0 Å². The van der Waals surface area contributed by atoms with Crippen molar-refractivity contribution in [3.05, 3.63) is 15.6 Å². The fourth-order valence-corrected chi connectivity index (χ4v) is 1.54. The smallest absolute Gasteiger partial charge is 0.435 e. The van der Waals surface area contributed by atoms with E-state index in [1.807, 2.05) is 0 Å². The van der Waals surface area contributed by atoms with Gasteiger partial charge in [-0.15, -0.1) is 11.3 Å². The Morgan fingerprint density at radius 2 is 2.08 bits per heavy atom. The molecule has 0 aliphatic rings. The molecule has 13 heavy (non-hydrogen) atoms. The van der Waals surface area contributed by atoms with Crippen molar-refractivity contribution in [1.82, 2.24) is 4.98 Å². The standard InChI is InChI=1S/C6H4F3NO2S/c1-2-10-4(6(7,8)9)3(13-2)5(11)12/h1H3,(H,11,12). The fourth-order valence-electron chi connectivity index (χ4n) is 0.764. The van der Waals surface area contributed by atoms with Crippen LogP contribution >= 0.6 is 11.3 Å². The van der Waals surface area contributed by atoms with Crippen LogP contribution < -0.4 is 0 Å². The van der Waals surface area contributed by atoms with Gasteiger partial charge in [-0.25, -0.2) is 9.78 Å². The Labute approximate surface area is 74.8 Å². The minimum absolute atomic E-state index is 0.0877. The molecule has 0 unspecified atom stereocenters. The summed E-state index contributed by atoms with van der Waals surface area (Å²) in [5.41, 5.74) is -1.32. The number of aryl methyl sites for hydroxylation is 1. The summed E-state index contributed by atoms with van der Waals surface area (Å²) >= 11 is 0.519. The van der Waals surface area contributed by atoms with Gasteiger partial charge in [0.25, 0.3) is 0 Å². The highest BCUT2D eigenvalue weighted by molar-refractivity contribution is 7.13. The quantitative estimate of drug-likeness (QED) is 0.774. The Hall–Kier alpha value is -1.11. The summed E-state index contributed by atoms with van der Waals surface area (Å²) in [6.07, 6.45) is -4.70. The zero-order chi connectivity index (χ0) is 10.2. The number of rotatable bonds is 1. The Kier molecular flexibility index (Phi) is 2.29. The lowest BCUT2D eigenvalue weighted by Gasteiger charge is -2.02. The molecule has 1 N–H and O–H groups in total. The highest BCUT2D eigenvalue weighted by Crippen LogP contribution is 2.33. The van der Waals surface area contributed by atoms with Gasteiger partial charge < -0.3 is 5.11 Å². The van der Waals surface area contributed by atoms with Crippen LogP contribution in [0.1, 0.15) is 20.4 Å². The van der Waals surface area contributed by atoms with Gasteiger partial charge in [-0.1, -0.05) is 0 Å². The lowest BCUT2D eigenvalue weighted by atomic mass is 10.3. The van der Waals surface area contributed by atoms with Gasteiger partial charge in [0.15, 0.2) is 5.69 Å². The Morgan fingerprint density at radius 1 is 1.54 bits per heavy atom. The largest absolute Gasteiger partial charge is 0.477 e. The molecule has 0 amide bonds. The average Bonchev–Trinajstić information content (AvgIpc) is 2.29. The second kappa shape index (κ2) is 2.99. The third kappa shape index (κ3) is 1.97. The van der Waals surface area contributed by atoms with Gasteiger partial charge in [-0.2, -0.15) is 13.2 Å². The first-order valence-electron chi connectivity index (χ1n) is 3.10. The van der Waals surface area contributed by atoms with Crippen molar-refractivity contribution in [1.29, 1.82) is 0 Å². The Balaban J connectivity index is 3.28. The Morgan fingerprint density at radius 3 is 2.38 bits per heavy atom. The van der Waals surface area contributed by atoms with Crippen LogP contribution in [-0.2, 0) is 6.18 Å². The maximum atomic E-state index is 12.1. The van der Waals surface area contributed by atoms with E-state index in [1.54, 1.807) is 0 Å². The van der Waals surface area contributed by atoms with E-state index in [4.69, 9.17) is 5.11 Å². The number of aromatic carboxylic acids is 1. The number of carboxylic acids is 1. The minimum Gasteiger partial charge on any atom is -0.477 e. The third-order valence-corrected chi connectivity index (χ3v) is 2.16. The zero-order valence-electron chi connectivity index (χ0n) is 6.34. The van der Waals surface area contributed by atoms with Crippen molar-refractivity contribution in [3.8, 4) is 0 Å². The molecule has 0 bridgehead atoms. The average molecular weight is 211 g/mol. The predicted molar refractivity (Wildman–Crippen MR) is 38.8 cm³/mol. The molecule has 0 spiro atoms. The fraction of sp³-hybridized carbons (Fsp3) is 0.333. The molecule has 1 rings (SSSR count). The number of thiazole rings is 1. The molecule has 1 heterocycles. The van der Waals surface area contributed by atoms with Crippen molar-refractivity contribution in [2.24, 2.45) is 0 Å². The topological polar surface area (TPSA) is 50.2 Å². The van der Waals surface area contributed by atoms with E-state index in [2.05, 4.69) is 4.98 Å². The number of aromatic nitrogens is 1. The van der Waals surface area contributed by atoms with Gasteiger partial charge in [-0.3, -0.25) is 0 Å². The number of hydrogen-bond acceptors (Lipinski definition) is 3. The maximum absolute atomic E-state index is 12.1. The first-order chi connectivity index (χ1) is 5.82. The van der Waals surface area contributed by atoms with Crippen molar-refractivity contribution < 1.29 is 23.1 Å². The highest BCUT2D eigenvalue weighted by Gasteiger charge is 2.39. The molecule has 0 atom stereocenters. The molecule has 0 aromatic carbocycles. The minimum atomic E-state index is -4.70. The molecule has 3 nitrogen and oxygen atoms in total. The van der Waals surface area contributed by atoms with E-state index < -0.39 is 22.7 Å². The van der Waals surface area contributed by atoms with Crippen LogP contribution in [0.3, 0.4) is 0 Å². The van der Waals surface area contributed by atoms with E-state index in [0.29, 0.717) is 11.3 Å². The van der Waals surface area contributed by atoms with Gasteiger partial charge in [-0.05, 0) is 6.92 Å². The molecule has 7 heteroatoms. The summed E-state index contributed by atoms with van der Waals surface area (Å²) < 4.78 is 36.3. The maximum Gasteiger partial charge on any atom is 0.435 e. The highest BCUT2D eigenvalue weighted by atomic mass is 32.1. The summed E-state index contributed by atoms with van der Waals surface area (Å²) in [6.45, 7) is 1.33. The molecular weight excluding hydrogens is 207 g/mol. The van der Waals surface area contributed by atoms with E-state index in [0.717, 1.165) is 0 Å². The number of hydrogen-bond donors (Lipinski definition) is 1. The molecule has 0 aliphatic heterocycles. The monoisotopic (exact) mass is 211 g/mol. The van der Waals surface area contributed by atoms with Gasteiger partial charge >= 0.3 is 12.1 Å². The molecule has 1 aromatic heterocycles. The molecule has 1 aromatic rings. The summed E-state index contributed by atoms with van der Waals surface area (Å²) in [7, 11) is 0. The van der Waals surface area contributed by atoms with Crippen molar-refractivity contribution in [2.75, 3.05) is 0 Å². The first-order valence-corrected chi connectivity index (χ1v) is 3.92. The Bertz CT molecular complexity index is 344. The van der Waals surface area contributed by atoms with Gasteiger partial charge in [0.1, 0.15) is 4.88 Å². The molecule has 72 valence electrons. The number of carboxylic acid groups (broad SMARTS) is 1. The van der Waals surface area contributed by atoms with Gasteiger partial charge in [0, 0.05) is 0 Å². The zero-order valence-corrected chi connectivity index (χ0v) is 7.16. The van der Waals surface area contributed by atoms with Gasteiger partial charge in [0.05, 0.1) is 5.01 Å². The van der Waals surface area contributed by atoms with Crippen molar-refractivity contribution >= 4 is 17.3 Å². The molecule has 0 saturated carbocycles. The number of halogens is 3. The number of alkyl halides is 3. The van der Waals surface area contributed by atoms with Crippen LogP contribution in [0.15, 0.2) is 0 Å². The summed E-state index contributed by atoms with van der Waals surface area (Å²) in [6, 6.07) is 0. The lowest BCUT2D eigenvalue weighted by Crippen LogP contribution is -2.11. The SMILES string of the molecule is Cc1nc(C(F)(F)F)c(C(=O)O)s1. The molecule has 0 saturated heterocycles. The van der Waals surface area contributed by atoms with Crippen LogP contribution in [0.5, 0.6) is 0 Å². The predicted octanol–water partition coefficient (Wildman–Crippen LogP) is 2.17. The first kappa shape index (κ1) is 9.97. The summed E-state index contributed by atoms with van der Waals surface area (Å²) in [5, 5.41) is 8.50. The second-order valence-corrected chi connectivity index (χ2v) is 3.42. The van der Waals surface area contributed by atoms with E-state index in [-0.39, 0.29) is 5.01 Å². The molecule has 0 fully saturated rings. The van der Waals surface area contributed by atoms with Crippen LogP contribution in [0.25, 0.3) is 0 Å². The molecule has 0 radical (unpaired) electrons. The van der Waals surface area contributed by atoms with Crippen molar-refractivity contribution in [3.63, 3.8) is 0 Å². The second-order valence-electron chi connectivity index (χ2n) is 2.21. The third-order valence-electron chi connectivity index (χ3n) is 1.20. The van der Waals surface area contributed by atoms with E-state index in [9.17, 15) is 18.0 Å². The van der Waals surface area contributed by atoms with Crippen LogP contribution in [-0.4, -0.2) is 16.1 Å². The number of nitrogens with zero attached hydrogens (tertiary/aromatic N) is 1. The normalized spacial score (nSPS) is 11.7. The lowest BCUT2D eigenvalue weighted by molar-refractivity contribution is -0.141. The van der Waals surface area contributed by atoms with Crippen molar-refractivity contribution in [2.45, 2.75) is 13.1 Å². The number of carbonyl (C=O) groups is 1. The van der Waals surface area contributed by atoms with E-state index in [1.165, 1.54) is 6.92 Å².